The quantitative estimate of drug-likeness (QED) is 0.256. The molecular weight excluding hydrogens is 396 g/mol. The van der Waals surface area contributed by atoms with E-state index in [0.717, 1.165) is 45.4 Å². The number of aromatic hydroxyl groups is 1. The van der Waals surface area contributed by atoms with E-state index in [1.54, 1.807) is 18.4 Å². The monoisotopic (exact) mass is 418 g/mol. The number of rotatable bonds is 7. The van der Waals surface area contributed by atoms with Crippen LogP contribution in [-0.4, -0.2) is 17.6 Å². The summed E-state index contributed by atoms with van der Waals surface area (Å²) in [5.74, 6) is 1.50. The number of allylic oxidation sites excluding steroid dienone is 1. The predicted molar refractivity (Wildman–Crippen MR) is 123 cm³/mol. The maximum absolute atomic E-state index is 9.78. The van der Waals surface area contributed by atoms with Crippen LogP contribution in [0.4, 0.5) is 0 Å². The van der Waals surface area contributed by atoms with Crippen LogP contribution in [0.2, 0.25) is 0 Å². The number of phenolic OH excluding ortho intramolecular Hbond substituents is 1. The summed E-state index contributed by atoms with van der Waals surface area (Å²) in [6.45, 7) is 2.64. The number of hydrogen-bond acceptors (Lipinski definition) is 3. The van der Waals surface area contributed by atoms with Crippen LogP contribution in [0.15, 0.2) is 83.5 Å². The normalized spacial score (nSPS) is 12.1. The summed E-state index contributed by atoms with van der Waals surface area (Å²) in [7, 11) is 0. The number of hydrogen-bond donors (Lipinski definition) is 1. The number of furan rings is 1. The van der Waals surface area contributed by atoms with Crippen molar-refractivity contribution >= 4 is 33.7 Å². The van der Waals surface area contributed by atoms with E-state index in [1.165, 1.54) is 5.57 Å². The standard InChI is InChI=1S/C26H23ClO3/c1-2-24(20-7-12-25-21(17-20)13-15-30-25)26(18-3-8-22(28)9-4-18)19-5-10-23(11-6-19)29-16-14-27/h3-13,15,17,28H,2,14,16H2,1H3. The molecular formula is C26H23ClO3. The van der Waals surface area contributed by atoms with E-state index in [-0.39, 0.29) is 5.75 Å². The van der Waals surface area contributed by atoms with Gasteiger partial charge in [0.2, 0.25) is 0 Å². The highest BCUT2D eigenvalue weighted by Gasteiger charge is 2.14. The van der Waals surface area contributed by atoms with Crippen molar-refractivity contribution in [3.05, 3.63) is 95.7 Å². The summed E-state index contributed by atoms with van der Waals surface area (Å²) in [5.41, 5.74) is 6.51. The van der Waals surface area contributed by atoms with E-state index in [4.69, 9.17) is 20.8 Å². The van der Waals surface area contributed by atoms with Crippen LogP contribution in [-0.2, 0) is 0 Å². The van der Waals surface area contributed by atoms with E-state index in [0.29, 0.717) is 12.5 Å². The summed E-state index contributed by atoms with van der Waals surface area (Å²) in [6, 6.07) is 23.7. The molecule has 1 aromatic heterocycles. The van der Waals surface area contributed by atoms with Gasteiger partial charge >= 0.3 is 0 Å². The average molecular weight is 419 g/mol. The van der Waals surface area contributed by atoms with Gasteiger partial charge in [-0.1, -0.05) is 37.3 Å². The Morgan fingerprint density at radius 2 is 1.57 bits per heavy atom. The van der Waals surface area contributed by atoms with Gasteiger partial charge in [-0.2, -0.15) is 0 Å². The van der Waals surface area contributed by atoms with E-state index in [9.17, 15) is 5.11 Å². The summed E-state index contributed by atoms with van der Waals surface area (Å²) in [4.78, 5) is 0. The Morgan fingerprint density at radius 1 is 0.900 bits per heavy atom. The molecule has 0 atom stereocenters. The van der Waals surface area contributed by atoms with Crippen LogP contribution in [0.3, 0.4) is 0 Å². The van der Waals surface area contributed by atoms with Gasteiger partial charge in [0.25, 0.3) is 0 Å². The molecule has 0 spiro atoms. The van der Waals surface area contributed by atoms with Crippen molar-refractivity contribution in [2.75, 3.05) is 12.5 Å². The molecule has 4 rings (SSSR count). The first-order chi connectivity index (χ1) is 14.7. The molecule has 0 saturated heterocycles. The third-order valence-corrected chi connectivity index (χ3v) is 5.26. The van der Waals surface area contributed by atoms with Gasteiger partial charge in [0, 0.05) is 5.39 Å². The first kappa shape index (κ1) is 20.1. The molecule has 0 fully saturated rings. The zero-order valence-corrected chi connectivity index (χ0v) is 17.5. The molecule has 0 aliphatic rings. The van der Waals surface area contributed by atoms with Gasteiger partial charge in [-0.05, 0) is 76.7 Å². The highest BCUT2D eigenvalue weighted by Crippen LogP contribution is 2.36. The molecule has 0 bridgehead atoms. The number of benzene rings is 3. The van der Waals surface area contributed by atoms with Crippen LogP contribution < -0.4 is 4.74 Å². The third-order valence-electron chi connectivity index (χ3n) is 5.10. The fourth-order valence-electron chi connectivity index (χ4n) is 3.70. The minimum atomic E-state index is 0.251. The van der Waals surface area contributed by atoms with Crippen molar-refractivity contribution in [3.8, 4) is 11.5 Å². The molecule has 1 N–H and O–H groups in total. The van der Waals surface area contributed by atoms with E-state index >= 15 is 0 Å². The first-order valence-corrected chi connectivity index (χ1v) is 10.5. The Hall–Kier alpha value is -3.17. The highest BCUT2D eigenvalue weighted by atomic mass is 35.5. The lowest BCUT2D eigenvalue weighted by Crippen LogP contribution is -1.99. The molecule has 30 heavy (non-hydrogen) atoms. The van der Waals surface area contributed by atoms with Crippen molar-refractivity contribution in [2.45, 2.75) is 13.3 Å². The number of phenols is 1. The van der Waals surface area contributed by atoms with Gasteiger partial charge in [0.05, 0.1) is 12.1 Å². The molecule has 1 heterocycles. The molecule has 0 amide bonds. The lowest BCUT2D eigenvalue weighted by Gasteiger charge is -2.17. The summed E-state index contributed by atoms with van der Waals surface area (Å²) < 4.78 is 11.1. The lowest BCUT2D eigenvalue weighted by atomic mass is 9.88. The second-order valence-electron chi connectivity index (χ2n) is 6.99. The van der Waals surface area contributed by atoms with Crippen LogP contribution in [0, 0.1) is 0 Å². The maximum Gasteiger partial charge on any atom is 0.133 e. The van der Waals surface area contributed by atoms with Crippen LogP contribution in [0.1, 0.15) is 30.0 Å². The Bertz CT molecular complexity index is 1160. The van der Waals surface area contributed by atoms with Gasteiger partial charge in [-0.25, -0.2) is 0 Å². The van der Waals surface area contributed by atoms with Crippen molar-refractivity contribution in [3.63, 3.8) is 0 Å². The summed E-state index contributed by atoms with van der Waals surface area (Å²) >= 11 is 5.73. The molecule has 3 aromatic carbocycles. The zero-order valence-electron chi connectivity index (χ0n) is 16.8. The number of fused-ring (bicyclic) bond motifs is 1. The first-order valence-electron chi connectivity index (χ1n) is 9.99. The molecule has 0 radical (unpaired) electrons. The molecule has 0 unspecified atom stereocenters. The fraction of sp³-hybridized carbons (Fsp3) is 0.154. The van der Waals surface area contributed by atoms with Gasteiger partial charge in [-0.3, -0.25) is 0 Å². The van der Waals surface area contributed by atoms with Gasteiger partial charge in [0.15, 0.2) is 0 Å². The smallest absolute Gasteiger partial charge is 0.133 e. The molecule has 3 nitrogen and oxygen atoms in total. The average Bonchev–Trinajstić information content (AvgIpc) is 3.25. The van der Waals surface area contributed by atoms with Crippen molar-refractivity contribution in [1.29, 1.82) is 0 Å². The Labute approximate surface area is 181 Å². The van der Waals surface area contributed by atoms with Gasteiger partial charge < -0.3 is 14.3 Å². The predicted octanol–water partition coefficient (Wildman–Crippen LogP) is 7.13. The Morgan fingerprint density at radius 3 is 2.23 bits per heavy atom. The second-order valence-corrected chi connectivity index (χ2v) is 7.37. The summed E-state index contributed by atoms with van der Waals surface area (Å²) in [6.07, 6.45) is 2.56. The fourth-order valence-corrected chi connectivity index (χ4v) is 3.77. The van der Waals surface area contributed by atoms with E-state index < -0.39 is 0 Å². The van der Waals surface area contributed by atoms with Crippen LogP contribution in [0.5, 0.6) is 11.5 Å². The van der Waals surface area contributed by atoms with E-state index in [1.807, 2.05) is 36.4 Å². The van der Waals surface area contributed by atoms with Crippen LogP contribution >= 0.6 is 11.6 Å². The zero-order chi connectivity index (χ0) is 20.9. The van der Waals surface area contributed by atoms with E-state index in [2.05, 4.69) is 31.2 Å². The Balaban J connectivity index is 1.87. The van der Waals surface area contributed by atoms with Gasteiger partial charge in [-0.15, -0.1) is 11.6 Å². The largest absolute Gasteiger partial charge is 0.508 e. The molecule has 0 saturated carbocycles. The SMILES string of the molecule is CCC(=C(c1ccc(O)cc1)c1ccc(OCCCl)cc1)c1ccc2occc2c1. The van der Waals surface area contributed by atoms with Crippen molar-refractivity contribution < 1.29 is 14.3 Å². The second kappa shape index (κ2) is 9.10. The molecule has 152 valence electrons. The van der Waals surface area contributed by atoms with Gasteiger partial charge in [0.1, 0.15) is 23.7 Å². The minimum Gasteiger partial charge on any atom is -0.508 e. The topological polar surface area (TPSA) is 42.6 Å². The number of halogens is 1. The van der Waals surface area contributed by atoms with Crippen LogP contribution in [0.25, 0.3) is 22.1 Å². The molecule has 0 aliphatic carbocycles. The maximum atomic E-state index is 9.78. The lowest BCUT2D eigenvalue weighted by molar-refractivity contribution is 0.343. The minimum absolute atomic E-state index is 0.251. The third kappa shape index (κ3) is 4.22. The summed E-state index contributed by atoms with van der Waals surface area (Å²) in [5, 5.41) is 10.9. The van der Waals surface area contributed by atoms with Crippen molar-refractivity contribution in [2.24, 2.45) is 0 Å². The highest BCUT2D eigenvalue weighted by molar-refractivity contribution is 6.18. The van der Waals surface area contributed by atoms with Crippen molar-refractivity contribution in [1.82, 2.24) is 0 Å². The molecule has 4 aromatic rings. The molecule has 0 aliphatic heterocycles. The Kier molecular flexibility index (Phi) is 6.10. The number of ether oxygens (including phenoxy) is 1. The molecule has 4 heteroatoms. The number of alkyl halides is 1.